The summed E-state index contributed by atoms with van der Waals surface area (Å²) in [5.74, 6) is -4.44. The van der Waals surface area contributed by atoms with E-state index in [1.165, 1.54) is 0 Å². The first-order chi connectivity index (χ1) is 15.3. The van der Waals surface area contributed by atoms with Crippen molar-refractivity contribution in [2.24, 2.45) is 22.2 Å². The fourth-order valence-corrected chi connectivity index (χ4v) is 2.67. The molecule has 0 unspecified atom stereocenters. The lowest BCUT2D eigenvalue weighted by Gasteiger charge is -2.17. The van der Waals surface area contributed by atoms with Crippen LogP contribution in [0.4, 0.5) is 13.2 Å². The molecule has 10 N–H and O–H groups in total. The van der Waals surface area contributed by atoms with Crippen LogP contribution in [0.15, 0.2) is 35.5 Å². The second kappa shape index (κ2) is 12.3. The van der Waals surface area contributed by atoms with Crippen molar-refractivity contribution < 1.29 is 37.8 Å². The third-order valence-electron chi connectivity index (χ3n) is 4.25. The number of guanidine groups is 1. The molecule has 1 aromatic heterocycles. The van der Waals surface area contributed by atoms with Crippen LogP contribution in [0.3, 0.4) is 0 Å². The highest BCUT2D eigenvalue weighted by atomic mass is 19.4. The van der Waals surface area contributed by atoms with E-state index < -0.39 is 36.1 Å². The van der Waals surface area contributed by atoms with E-state index in [2.05, 4.69) is 15.3 Å². The van der Waals surface area contributed by atoms with Crippen molar-refractivity contribution in [3.05, 3.63) is 36.0 Å². The number of aliphatic imine (C=N–C) groups is 1. The highest BCUT2D eigenvalue weighted by Gasteiger charge is 2.38. The van der Waals surface area contributed by atoms with Crippen molar-refractivity contribution >= 4 is 34.7 Å². The lowest BCUT2D eigenvalue weighted by molar-refractivity contribution is -0.192. The Balaban J connectivity index is 0.000000675. The minimum absolute atomic E-state index is 0.0540. The van der Waals surface area contributed by atoms with Gasteiger partial charge < -0.3 is 37.7 Å². The number of aromatic amines is 1. The van der Waals surface area contributed by atoms with Gasteiger partial charge in [-0.2, -0.15) is 13.2 Å². The standard InChI is InChI=1S/C17H24N6O3.C2HF3O2/c18-12(8-10-9-22-13-5-2-1-4-11(10)13)15(24)23-14(16(25)26)6-3-7-21-17(19)20;3-2(4,5)1(6)7/h1-2,4-5,9,12,14,22H,3,6-8,18H2,(H,23,24)(H,25,26)(H4,19,20,21);(H,6,7)/t12-,14-;/m0./s1. The molecule has 0 spiro atoms. The van der Waals surface area contributed by atoms with E-state index in [9.17, 15) is 27.9 Å². The Bertz CT molecular complexity index is 988. The molecule has 2 rings (SSSR count). The molecule has 0 bridgehead atoms. The third kappa shape index (κ3) is 9.47. The molecule has 14 heteroatoms. The van der Waals surface area contributed by atoms with Crippen LogP contribution in [0.1, 0.15) is 18.4 Å². The van der Waals surface area contributed by atoms with Gasteiger partial charge in [0.2, 0.25) is 5.91 Å². The van der Waals surface area contributed by atoms with Crippen LogP contribution in [-0.2, 0) is 20.8 Å². The molecule has 11 nitrogen and oxygen atoms in total. The van der Waals surface area contributed by atoms with Crippen molar-refractivity contribution in [3.63, 3.8) is 0 Å². The number of alkyl halides is 3. The van der Waals surface area contributed by atoms with Crippen LogP contribution < -0.4 is 22.5 Å². The number of nitrogens with two attached hydrogens (primary N) is 3. The van der Waals surface area contributed by atoms with Crippen molar-refractivity contribution in [1.82, 2.24) is 10.3 Å². The molecule has 182 valence electrons. The number of fused-ring (bicyclic) bond motifs is 1. The fourth-order valence-electron chi connectivity index (χ4n) is 2.67. The van der Waals surface area contributed by atoms with Crippen LogP contribution in [0, 0.1) is 0 Å². The lowest BCUT2D eigenvalue weighted by atomic mass is 10.0. The summed E-state index contributed by atoms with van der Waals surface area (Å²) in [6, 6.07) is 5.80. The number of carbonyl (C=O) groups is 3. The lowest BCUT2D eigenvalue weighted by Crippen LogP contribution is -2.49. The van der Waals surface area contributed by atoms with Crippen LogP contribution in [0.2, 0.25) is 0 Å². The molecule has 1 aromatic carbocycles. The summed E-state index contributed by atoms with van der Waals surface area (Å²) in [7, 11) is 0. The average molecular weight is 474 g/mol. The number of hydrogen-bond acceptors (Lipinski definition) is 5. The number of nitrogens with zero attached hydrogens (tertiary/aromatic N) is 1. The summed E-state index contributed by atoms with van der Waals surface area (Å²) in [5, 5.41) is 19.9. The van der Waals surface area contributed by atoms with Crippen molar-refractivity contribution in [3.8, 4) is 0 Å². The number of nitrogens with one attached hydrogen (secondary N) is 2. The van der Waals surface area contributed by atoms with Gasteiger partial charge in [-0.15, -0.1) is 0 Å². The monoisotopic (exact) mass is 474 g/mol. The minimum Gasteiger partial charge on any atom is -0.480 e. The second-order valence-electron chi connectivity index (χ2n) is 6.82. The second-order valence-corrected chi connectivity index (χ2v) is 6.82. The van der Waals surface area contributed by atoms with Gasteiger partial charge in [0, 0.05) is 23.6 Å². The van der Waals surface area contributed by atoms with Crippen LogP contribution in [0.5, 0.6) is 0 Å². The van der Waals surface area contributed by atoms with E-state index in [-0.39, 0.29) is 12.4 Å². The van der Waals surface area contributed by atoms with Crippen LogP contribution in [0.25, 0.3) is 10.9 Å². The van der Waals surface area contributed by atoms with Gasteiger partial charge in [-0.1, -0.05) is 18.2 Å². The Hall–Kier alpha value is -3.81. The molecular formula is C19H25F3N6O5. The first-order valence-corrected chi connectivity index (χ1v) is 9.52. The first kappa shape index (κ1) is 27.2. The summed E-state index contributed by atoms with van der Waals surface area (Å²) in [4.78, 5) is 39.4. The Kier molecular flexibility index (Phi) is 10.1. The van der Waals surface area contributed by atoms with E-state index in [0.717, 1.165) is 16.5 Å². The SMILES string of the molecule is NC(N)=NCCC[C@H](NC(=O)[C@@H](N)Cc1c[nH]c2ccccc12)C(=O)O.O=C(O)C(F)(F)F. The van der Waals surface area contributed by atoms with Crippen LogP contribution >= 0.6 is 0 Å². The molecule has 2 aromatic rings. The molecule has 0 saturated heterocycles. The number of amides is 1. The van der Waals surface area contributed by atoms with E-state index in [1.54, 1.807) is 0 Å². The van der Waals surface area contributed by atoms with Gasteiger partial charge in [0.15, 0.2) is 5.96 Å². The van der Waals surface area contributed by atoms with Crippen molar-refractivity contribution in [2.45, 2.75) is 37.5 Å². The Morgan fingerprint density at radius 2 is 1.76 bits per heavy atom. The van der Waals surface area contributed by atoms with E-state index >= 15 is 0 Å². The third-order valence-corrected chi connectivity index (χ3v) is 4.25. The maximum atomic E-state index is 12.3. The highest BCUT2D eigenvalue weighted by molar-refractivity contribution is 5.88. The van der Waals surface area contributed by atoms with Crippen molar-refractivity contribution in [1.29, 1.82) is 0 Å². The zero-order valence-corrected chi connectivity index (χ0v) is 17.3. The molecule has 1 amide bonds. The maximum Gasteiger partial charge on any atom is 0.490 e. The number of carbonyl (C=O) groups excluding carboxylic acids is 1. The topological polar surface area (TPSA) is 210 Å². The number of rotatable bonds is 9. The molecule has 1 heterocycles. The Labute approximate surface area is 185 Å². The number of aliphatic carboxylic acids is 2. The smallest absolute Gasteiger partial charge is 0.480 e. The number of carboxylic acids is 2. The largest absolute Gasteiger partial charge is 0.490 e. The number of carboxylic acid groups (broad SMARTS) is 2. The first-order valence-electron chi connectivity index (χ1n) is 9.52. The predicted molar refractivity (Wildman–Crippen MR) is 113 cm³/mol. The van der Waals surface area contributed by atoms with E-state index in [0.29, 0.717) is 19.4 Å². The zero-order chi connectivity index (χ0) is 25.2. The van der Waals surface area contributed by atoms with Gasteiger partial charge in [-0.05, 0) is 30.9 Å². The summed E-state index contributed by atoms with van der Waals surface area (Å²) in [6.45, 7) is 0.295. The summed E-state index contributed by atoms with van der Waals surface area (Å²) < 4.78 is 31.7. The van der Waals surface area contributed by atoms with Gasteiger partial charge >= 0.3 is 18.1 Å². The number of para-hydroxylation sites is 1. The molecule has 0 radical (unpaired) electrons. The summed E-state index contributed by atoms with van der Waals surface area (Å²) in [5.41, 5.74) is 18.3. The number of H-pyrrole nitrogens is 1. The highest BCUT2D eigenvalue weighted by Crippen LogP contribution is 2.18. The number of aromatic nitrogens is 1. The fraction of sp³-hybridized carbons (Fsp3) is 0.368. The molecule has 0 aliphatic rings. The molecule has 33 heavy (non-hydrogen) atoms. The number of hydrogen-bond donors (Lipinski definition) is 7. The molecular weight excluding hydrogens is 449 g/mol. The molecule has 0 saturated carbocycles. The predicted octanol–water partition coefficient (Wildman–Crippen LogP) is 0.294. The number of benzene rings is 1. The van der Waals surface area contributed by atoms with Gasteiger partial charge in [0.25, 0.3) is 0 Å². The maximum absolute atomic E-state index is 12.3. The molecule has 0 fully saturated rings. The quantitative estimate of drug-likeness (QED) is 0.152. The van der Waals surface area contributed by atoms with Crippen LogP contribution in [-0.4, -0.2) is 63.8 Å². The zero-order valence-electron chi connectivity index (χ0n) is 17.3. The molecule has 2 atom stereocenters. The number of halogens is 3. The Morgan fingerprint density at radius 1 is 1.15 bits per heavy atom. The van der Waals surface area contributed by atoms with Crippen molar-refractivity contribution in [2.75, 3.05) is 6.54 Å². The van der Waals surface area contributed by atoms with Gasteiger partial charge in [0.05, 0.1) is 6.04 Å². The van der Waals surface area contributed by atoms with E-state index in [4.69, 9.17) is 27.1 Å². The summed E-state index contributed by atoms with van der Waals surface area (Å²) in [6.07, 6.45) is -2.34. The summed E-state index contributed by atoms with van der Waals surface area (Å²) >= 11 is 0. The minimum atomic E-state index is -5.08. The molecule has 0 aliphatic heterocycles. The molecule has 0 aliphatic carbocycles. The van der Waals surface area contributed by atoms with E-state index in [1.807, 2.05) is 30.5 Å². The van der Waals surface area contributed by atoms with Gasteiger partial charge in [-0.3, -0.25) is 9.79 Å². The Morgan fingerprint density at radius 3 is 2.30 bits per heavy atom. The average Bonchev–Trinajstić information content (AvgIpc) is 3.12. The van der Waals surface area contributed by atoms with Gasteiger partial charge in [-0.25, -0.2) is 9.59 Å². The van der Waals surface area contributed by atoms with Gasteiger partial charge in [0.1, 0.15) is 6.04 Å². The normalized spacial score (nSPS) is 12.7.